The number of aromatic nitrogens is 3. The van der Waals surface area contributed by atoms with E-state index in [9.17, 15) is 5.11 Å². The summed E-state index contributed by atoms with van der Waals surface area (Å²) >= 11 is 0. The zero-order chi connectivity index (χ0) is 25.7. The van der Waals surface area contributed by atoms with E-state index in [-0.39, 0.29) is 0 Å². The van der Waals surface area contributed by atoms with E-state index in [1.807, 2.05) is 128 Å². The second-order valence-electron chi connectivity index (χ2n) is 9.02. The molecular formula is C29H29N7O+2. The first-order valence-electron chi connectivity index (χ1n) is 12.0. The van der Waals surface area contributed by atoms with Crippen molar-refractivity contribution in [3.05, 3.63) is 122 Å². The molecule has 8 nitrogen and oxygen atoms in total. The molecule has 0 spiro atoms. The standard InChI is InChI=1S/C29H28N7O/c1-28(36-22-8-6-20-30-36)18-4-5-19-29(28,37)32-25-14-10-23(11-15-25)31-24-12-16-26(17-13-24)33-34-27-9-3-7-21-35(27)2/h3-22,30,37H,1-2H3/q+1/p+1. The second kappa shape index (κ2) is 10.1. The largest absolute Gasteiger partial charge is 0.362 e. The predicted octanol–water partition coefficient (Wildman–Crippen LogP) is 4.99. The Hall–Kier alpha value is -4.69. The number of benzene rings is 2. The lowest BCUT2D eigenvalue weighted by Crippen LogP contribution is -2.70. The van der Waals surface area contributed by atoms with E-state index < -0.39 is 11.3 Å². The summed E-state index contributed by atoms with van der Waals surface area (Å²) in [6.45, 7) is 1.94. The molecule has 37 heavy (non-hydrogen) atoms. The van der Waals surface area contributed by atoms with Gasteiger partial charge in [0, 0.05) is 36.1 Å². The highest BCUT2D eigenvalue weighted by molar-refractivity contribution is 5.64. The first-order chi connectivity index (χ1) is 18.0. The number of anilines is 3. The zero-order valence-corrected chi connectivity index (χ0v) is 20.7. The lowest BCUT2D eigenvalue weighted by Gasteiger charge is -2.37. The van der Waals surface area contributed by atoms with Crippen LogP contribution in [0.2, 0.25) is 0 Å². The van der Waals surface area contributed by atoms with E-state index >= 15 is 0 Å². The Kier molecular flexibility index (Phi) is 6.57. The summed E-state index contributed by atoms with van der Waals surface area (Å²) in [7, 11) is 1.93. The Morgan fingerprint density at radius 1 is 0.784 bits per heavy atom. The van der Waals surface area contributed by atoms with Gasteiger partial charge in [0.15, 0.2) is 6.20 Å². The van der Waals surface area contributed by atoms with Crippen LogP contribution in [-0.4, -0.2) is 15.9 Å². The molecule has 0 fully saturated rings. The average Bonchev–Trinajstić information content (AvgIpc) is 2.92. The van der Waals surface area contributed by atoms with Crippen molar-refractivity contribution in [1.29, 1.82) is 0 Å². The van der Waals surface area contributed by atoms with Gasteiger partial charge in [-0.15, -0.1) is 0 Å². The molecule has 0 amide bonds. The molecule has 4 aromatic rings. The minimum absolute atomic E-state index is 0.769. The Morgan fingerprint density at radius 2 is 1.46 bits per heavy atom. The third-order valence-corrected chi connectivity index (χ3v) is 6.40. The molecule has 0 saturated carbocycles. The van der Waals surface area contributed by atoms with Gasteiger partial charge < -0.3 is 15.7 Å². The van der Waals surface area contributed by atoms with E-state index in [4.69, 9.17) is 0 Å². The van der Waals surface area contributed by atoms with Crippen LogP contribution in [-0.2, 0) is 12.6 Å². The Morgan fingerprint density at radius 3 is 2.16 bits per heavy atom. The van der Waals surface area contributed by atoms with Gasteiger partial charge in [0.25, 0.3) is 5.54 Å². The number of rotatable bonds is 7. The van der Waals surface area contributed by atoms with Crippen molar-refractivity contribution in [3.63, 3.8) is 0 Å². The fourth-order valence-corrected chi connectivity index (χ4v) is 4.12. The monoisotopic (exact) mass is 491 g/mol. The Bertz CT molecular complexity index is 1450. The molecule has 0 aliphatic heterocycles. The van der Waals surface area contributed by atoms with E-state index in [2.05, 4.69) is 26.0 Å². The van der Waals surface area contributed by atoms with Gasteiger partial charge in [0.1, 0.15) is 5.69 Å². The van der Waals surface area contributed by atoms with Gasteiger partial charge in [-0.25, -0.2) is 4.57 Å². The molecule has 0 saturated heterocycles. The SMILES string of the molecule is C[n+]1ccccc1N=Nc1ccc(Nc2ccc(NC3(O)C=CC=CC3(C)[n+]3ccccn3)cc2)cc1. The molecule has 2 atom stereocenters. The molecule has 0 radical (unpaired) electrons. The summed E-state index contributed by atoms with van der Waals surface area (Å²) in [5.41, 5.74) is 1.20. The van der Waals surface area contributed by atoms with Crippen LogP contribution in [0.25, 0.3) is 0 Å². The van der Waals surface area contributed by atoms with Crippen LogP contribution in [0, 0.1) is 0 Å². The Labute approximate surface area is 216 Å². The van der Waals surface area contributed by atoms with Gasteiger partial charge in [-0.3, -0.25) is 0 Å². The van der Waals surface area contributed by atoms with Crippen molar-refractivity contribution < 1.29 is 14.4 Å². The van der Waals surface area contributed by atoms with Gasteiger partial charge in [-0.2, -0.15) is 0 Å². The van der Waals surface area contributed by atoms with Gasteiger partial charge >= 0.3 is 5.82 Å². The summed E-state index contributed by atoms with van der Waals surface area (Å²) < 4.78 is 3.66. The summed E-state index contributed by atoms with van der Waals surface area (Å²) in [5.74, 6) is 0.779. The number of hydrogen-bond donors (Lipinski definition) is 3. The molecule has 3 N–H and O–H groups in total. The van der Waals surface area contributed by atoms with Crippen LogP contribution >= 0.6 is 0 Å². The van der Waals surface area contributed by atoms with Crippen molar-refractivity contribution in [2.75, 3.05) is 10.6 Å². The van der Waals surface area contributed by atoms with Gasteiger partial charge in [0.05, 0.1) is 24.6 Å². The number of allylic oxidation sites excluding steroid dienone is 2. The normalized spacial score (nSPS) is 20.7. The third-order valence-electron chi connectivity index (χ3n) is 6.40. The highest BCUT2D eigenvalue weighted by Gasteiger charge is 2.54. The number of aliphatic hydroxyl groups is 1. The van der Waals surface area contributed by atoms with Gasteiger partial charge in [0.2, 0.25) is 5.72 Å². The molecule has 1 aliphatic carbocycles. The molecule has 2 heterocycles. The number of pyridine rings is 1. The summed E-state index contributed by atoms with van der Waals surface area (Å²) in [6, 6.07) is 25.1. The number of aryl methyl sites for hydroxylation is 1. The maximum atomic E-state index is 11.6. The van der Waals surface area contributed by atoms with Crippen LogP contribution in [0.5, 0.6) is 0 Å². The number of nitrogens with zero attached hydrogens (tertiary/aromatic N) is 5. The number of azo groups is 1. The lowest BCUT2D eigenvalue weighted by molar-refractivity contribution is -0.812. The summed E-state index contributed by atoms with van der Waals surface area (Å²) in [5, 5.41) is 31.3. The molecular weight excluding hydrogens is 462 g/mol. The zero-order valence-electron chi connectivity index (χ0n) is 20.7. The predicted molar refractivity (Wildman–Crippen MR) is 143 cm³/mol. The van der Waals surface area contributed by atoms with Crippen LogP contribution < -0.4 is 19.9 Å². The van der Waals surface area contributed by atoms with Crippen molar-refractivity contribution in [2.24, 2.45) is 17.3 Å². The van der Waals surface area contributed by atoms with E-state index in [1.165, 1.54) is 0 Å². The average molecular weight is 492 g/mol. The molecule has 1 aliphatic rings. The molecule has 2 aromatic carbocycles. The van der Waals surface area contributed by atoms with E-state index in [0.29, 0.717) is 0 Å². The minimum Gasteiger partial charge on any atom is -0.362 e. The topological polar surface area (TPSA) is 89.7 Å². The van der Waals surface area contributed by atoms with E-state index in [0.717, 1.165) is 28.6 Å². The summed E-state index contributed by atoms with van der Waals surface area (Å²) in [4.78, 5) is 0. The fraction of sp³-hybridized carbons (Fsp3) is 0.138. The number of hydrogen-bond acceptors (Lipinski definition) is 6. The van der Waals surface area contributed by atoms with Crippen molar-refractivity contribution >= 4 is 28.6 Å². The highest BCUT2D eigenvalue weighted by Crippen LogP contribution is 2.33. The highest BCUT2D eigenvalue weighted by atomic mass is 16.3. The Balaban J connectivity index is 1.26. The van der Waals surface area contributed by atoms with Crippen molar-refractivity contribution in [3.8, 4) is 0 Å². The lowest BCUT2D eigenvalue weighted by atomic mass is 9.84. The second-order valence-corrected chi connectivity index (χ2v) is 9.02. The van der Waals surface area contributed by atoms with Crippen LogP contribution in [0.15, 0.2) is 132 Å². The maximum Gasteiger partial charge on any atom is 0.350 e. The molecule has 2 unspecified atom stereocenters. The first kappa shape index (κ1) is 24.0. The maximum absolute atomic E-state index is 11.6. The van der Waals surface area contributed by atoms with Crippen LogP contribution in [0.3, 0.4) is 0 Å². The molecule has 0 bridgehead atoms. The van der Waals surface area contributed by atoms with Crippen LogP contribution in [0.1, 0.15) is 6.92 Å². The van der Waals surface area contributed by atoms with E-state index in [1.54, 1.807) is 17.0 Å². The van der Waals surface area contributed by atoms with Crippen molar-refractivity contribution in [2.45, 2.75) is 18.2 Å². The molecule has 2 aromatic heterocycles. The van der Waals surface area contributed by atoms with Crippen LogP contribution in [0.4, 0.5) is 28.6 Å². The third kappa shape index (κ3) is 5.14. The molecule has 8 heteroatoms. The van der Waals surface area contributed by atoms with Crippen molar-refractivity contribution in [1.82, 2.24) is 5.10 Å². The molecule has 184 valence electrons. The molecule has 5 rings (SSSR count). The smallest absolute Gasteiger partial charge is 0.350 e. The van der Waals surface area contributed by atoms with Gasteiger partial charge in [-0.05, 0) is 83.0 Å². The number of nitrogens with one attached hydrogen (secondary N) is 2. The summed E-state index contributed by atoms with van der Waals surface area (Å²) in [6.07, 6.45) is 12.9. The fourth-order valence-electron chi connectivity index (χ4n) is 4.12. The minimum atomic E-state index is -1.38. The first-order valence-corrected chi connectivity index (χ1v) is 12.0. The quantitative estimate of drug-likeness (QED) is 0.193. The van der Waals surface area contributed by atoms with Gasteiger partial charge in [-0.1, -0.05) is 22.9 Å².